The summed E-state index contributed by atoms with van der Waals surface area (Å²) in [6, 6.07) is 0. The molecule has 0 nitrogen and oxygen atoms in total. The molecule has 0 N–H and O–H groups in total. The van der Waals surface area contributed by atoms with Crippen LogP contribution in [0.2, 0.25) is 0 Å². The Morgan fingerprint density at radius 3 is 0.778 bits per heavy atom. The average molecular weight is 377 g/mol. The zero-order chi connectivity index (χ0) is 19.8. The lowest BCUT2D eigenvalue weighted by atomic mass is 9.57. The van der Waals surface area contributed by atoms with Crippen LogP contribution in [0.25, 0.3) is 0 Å². The Labute approximate surface area is 172 Å². The lowest BCUT2D eigenvalue weighted by Gasteiger charge is -2.48. The van der Waals surface area contributed by atoms with E-state index in [1.165, 1.54) is 83.5 Å². The van der Waals surface area contributed by atoms with Crippen LogP contribution >= 0.6 is 0 Å². The van der Waals surface area contributed by atoms with Crippen molar-refractivity contribution in [3.63, 3.8) is 0 Å². The van der Waals surface area contributed by atoms with E-state index < -0.39 is 0 Å². The number of unbranched alkanes of at least 4 members (excludes halogenated alkanes) is 10. The van der Waals surface area contributed by atoms with Crippen LogP contribution in [0, 0.1) is 47.3 Å². The molecule has 2 saturated carbocycles. The van der Waals surface area contributed by atoms with Gasteiger partial charge in [0, 0.05) is 0 Å². The Morgan fingerprint density at radius 1 is 0.296 bits per heavy atom. The standard InChI is InChI=1S/C27H52/c1-20-22(3)26(23(20)4)18-16-14-12-10-8-7-9-11-13-15-17-19-27-24(5)21(2)25(27)6/h20-27H,7-19H2,1-6H3. The van der Waals surface area contributed by atoms with Crippen molar-refractivity contribution in [2.24, 2.45) is 47.3 Å². The summed E-state index contributed by atoms with van der Waals surface area (Å²) in [5, 5.41) is 0. The van der Waals surface area contributed by atoms with Gasteiger partial charge in [0.2, 0.25) is 0 Å². The van der Waals surface area contributed by atoms with Gasteiger partial charge < -0.3 is 0 Å². The van der Waals surface area contributed by atoms with Crippen LogP contribution in [0.4, 0.5) is 0 Å². The summed E-state index contributed by atoms with van der Waals surface area (Å²) < 4.78 is 0. The van der Waals surface area contributed by atoms with Gasteiger partial charge in [-0.2, -0.15) is 0 Å². The van der Waals surface area contributed by atoms with Gasteiger partial charge in [-0.15, -0.1) is 0 Å². The first-order valence-electron chi connectivity index (χ1n) is 12.9. The summed E-state index contributed by atoms with van der Waals surface area (Å²) in [7, 11) is 0. The summed E-state index contributed by atoms with van der Waals surface area (Å²) in [5.41, 5.74) is 0. The molecule has 4 atom stereocenters. The zero-order valence-corrected chi connectivity index (χ0v) is 19.8. The van der Waals surface area contributed by atoms with Gasteiger partial charge in [-0.3, -0.25) is 0 Å². The van der Waals surface area contributed by atoms with Gasteiger partial charge in [0.15, 0.2) is 0 Å². The van der Waals surface area contributed by atoms with Crippen molar-refractivity contribution < 1.29 is 0 Å². The molecule has 0 radical (unpaired) electrons. The van der Waals surface area contributed by atoms with E-state index in [0.29, 0.717) is 0 Å². The second-order valence-corrected chi connectivity index (χ2v) is 10.9. The molecular formula is C27H52. The molecule has 27 heavy (non-hydrogen) atoms. The molecule has 0 heteroatoms. The predicted molar refractivity (Wildman–Crippen MR) is 122 cm³/mol. The fraction of sp³-hybridized carbons (Fsp3) is 1.00. The normalized spacial score (nSPS) is 38.4. The highest BCUT2D eigenvalue weighted by molar-refractivity contribution is 4.90. The molecule has 0 spiro atoms. The van der Waals surface area contributed by atoms with E-state index in [9.17, 15) is 0 Å². The van der Waals surface area contributed by atoms with Crippen molar-refractivity contribution in [1.29, 1.82) is 0 Å². The molecule has 0 saturated heterocycles. The molecule has 2 fully saturated rings. The molecule has 0 bridgehead atoms. The highest BCUT2D eigenvalue weighted by atomic mass is 14.5. The minimum Gasteiger partial charge on any atom is -0.0620 e. The third-order valence-electron chi connectivity index (χ3n) is 9.59. The molecule has 4 unspecified atom stereocenters. The van der Waals surface area contributed by atoms with E-state index in [1.54, 1.807) is 0 Å². The number of rotatable bonds is 14. The fourth-order valence-electron chi connectivity index (χ4n) is 6.59. The lowest BCUT2D eigenvalue weighted by molar-refractivity contribution is 0.00790. The van der Waals surface area contributed by atoms with Gasteiger partial charge in [0.1, 0.15) is 0 Å². The van der Waals surface area contributed by atoms with Gasteiger partial charge in [0.25, 0.3) is 0 Å². The summed E-state index contributed by atoms with van der Waals surface area (Å²) in [6.07, 6.45) is 19.4. The molecule has 0 aromatic carbocycles. The van der Waals surface area contributed by atoms with E-state index in [4.69, 9.17) is 0 Å². The Kier molecular flexibility index (Phi) is 10.2. The zero-order valence-electron chi connectivity index (χ0n) is 19.8. The molecule has 0 aliphatic heterocycles. The van der Waals surface area contributed by atoms with Crippen LogP contribution in [0.3, 0.4) is 0 Å². The van der Waals surface area contributed by atoms with Crippen LogP contribution in [-0.4, -0.2) is 0 Å². The maximum Gasteiger partial charge on any atom is -0.0357 e. The second kappa shape index (κ2) is 11.9. The van der Waals surface area contributed by atoms with Crippen LogP contribution in [0.5, 0.6) is 0 Å². The first-order valence-corrected chi connectivity index (χ1v) is 12.9. The second-order valence-electron chi connectivity index (χ2n) is 10.9. The molecule has 160 valence electrons. The van der Waals surface area contributed by atoms with Crippen LogP contribution in [-0.2, 0) is 0 Å². The van der Waals surface area contributed by atoms with Crippen molar-refractivity contribution >= 4 is 0 Å². The monoisotopic (exact) mass is 376 g/mol. The highest BCUT2D eigenvalue weighted by Crippen LogP contribution is 2.48. The van der Waals surface area contributed by atoms with Crippen molar-refractivity contribution in [2.75, 3.05) is 0 Å². The van der Waals surface area contributed by atoms with Gasteiger partial charge in [-0.25, -0.2) is 0 Å². The van der Waals surface area contributed by atoms with E-state index in [0.717, 1.165) is 47.3 Å². The van der Waals surface area contributed by atoms with E-state index in [2.05, 4.69) is 41.5 Å². The van der Waals surface area contributed by atoms with Gasteiger partial charge in [-0.1, -0.05) is 112 Å². The number of hydrogen-bond donors (Lipinski definition) is 0. The highest BCUT2D eigenvalue weighted by Gasteiger charge is 2.41. The van der Waals surface area contributed by atoms with E-state index in [-0.39, 0.29) is 0 Å². The molecule has 2 rings (SSSR count). The van der Waals surface area contributed by atoms with Gasteiger partial charge >= 0.3 is 0 Å². The first-order chi connectivity index (χ1) is 12.9. The van der Waals surface area contributed by atoms with Crippen LogP contribution < -0.4 is 0 Å². The molecule has 2 aliphatic rings. The largest absolute Gasteiger partial charge is 0.0620 e. The van der Waals surface area contributed by atoms with Crippen molar-refractivity contribution in [1.82, 2.24) is 0 Å². The van der Waals surface area contributed by atoms with Crippen molar-refractivity contribution in [2.45, 2.75) is 125 Å². The molecule has 0 amide bonds. The van der Waals surface area contributed by atoms with E-state index in [1.807, 2.05) is 0 Å². The maximum atomic E-state index is 2.48. The Morgan fingerprint density at radius 2 is 0.519 bits per heavy atom. The predicted octanol–water partition coefficient (Wildman–Crippen LogP) is 9.13. The van der Waals surface area contributed by atoms with Crippen molar-refractivity contribution in [3.8, 4) is 0 Å². The average Bonchev–Trinajstić information content (AvgIpc) is 2.69. The Balaban J connectivity index is 1.29. The summed E-state index contributed by atoms with van der Waals surface area (Å²) in [4.78, 5) is 0. The fourth-order valence-corrected chi connectivity index (χ4v) is 6.59. The summed E-state index contributed by atoms with van der Waals surface area (Å²) >= 11 is 0. The molecular weight excluding hydrogens is 324 g/mol. The van der Waals surface area contributed by atoms with Gasteiger partial charge in [0.05, 0.1) is 0 Å². The third-order valence-corrected chi connectivity index (χ3v) is 9.59. The first kappa shape index (κ1) is 23.3. The molecule has 0 aromatic rings. The maximum absolute atomic E-state index is 2.48. The third kappa shape index (κ3) is 6.50. The summed E-state index contributed by atoms with van der Waals surface area (Å²) in [5.74, 6) is 7.99. The topological polar surface area (TPSA) is 0 Å². The minimum absolute atomic E-state index is 0.976. The smallest absolute Gasteiger partial charge is 0.0357 e. The minimum atomic E-state index is 0.976. The molecule has 2 aliphatic carbocycles. The summed E-state index contributed by atoms with van der Waals surface area (Å²) in [6.45, 7) is 14.8. The SMILES string of the molecule is CC1C(C)C(CCCCCCCCCCCCCC2C(C)C(C)C2C)C1C. The van der Waals surface area contributed by atoms with E-state index >= 15 is 0 Å². The molecule has 0 aromatic heterocycles. The van der Waals surface area contributed by atoms with Crippen LogP contribution in [0.15, 0.2) is 0 Å². The number of hydrogen-bond acceptors (Lipinski definition) is 0. The van der Waals surface area contributed by atoms with Crippen LogP contribution in [0.1, 0.15) is 125 Å². The van der Waals surface area contributed by atoms with Crippen molar-refractivity contribution in [3.05, 3.63) is 0 Å². The Hall–Kier alpha value is 0. The quantitative estimate of drug-likeness (QED) is 0.265. The Bertz CT molecular complexity index is 329. The molecule has 0 heterocycles. The lowest BCUT2D eigenvalue weighted by Crippen LogP contribution is -2.41. The van der Waals surface area contributed by atoms with Gasteiger partial charge in [-0.05, 0) is 60.2 Å².